The average molecular weight is 675 g/mol. The lowest BCUT2D eigenvalue weighted by molar-refractivity contribution is -0.151. The number of esters is 1. The Morgan fingerprint density at radius 2 is 1.57 bits per heavy atom. The van der Waals surface area contributed by atoms with Crippen LogP contribution < -0.4 is 0 Å². The zero-order valence-corrected chi connectivity index (χ0v) is 31.3. The van der Waals surface area contributed by atoms with Gasteiger partial charge in [0.15, 0.2) is 0 Å². The lowest BCUT2D eigenvalue weighted by atomic mass is 9.47. The Labute approximate surface area is 301 Å². The van der Waals surface area contributed by atoms with E-state index in [1.54, 1.807) is 5.57 Å². The second-order valence-electron chi connectivity index (χ2n) is 17.1. The van der Waals surface area contributed by atoms with Crippen molar-refractivity contribution in [1.29, 1.82) is 0 Å². The van der Waals surface area contributed by atoms with E-state index >= 15 is 0 Å². The van der Waals surface area contributed by atoms with Crippen LogP contribution in [0.15, 0.2) is 23.8 Å². The number of hydrogen-bond donors (Lipinski definition) is 0. The second-order valence-corrected chi connectivity index (χ2v) is 17.1. The predicted molar refractivity (Wildman–Crippen MR) is 202 cm³/mol. The van der Waals surface area contributed by atoms with Crippen molar-refractivity contribution < 1.29 is 17.8 Å². The van der Waals surface area contributed by atoms with E-state index in [1.807, 2.05) is 0 Å². The number of carbonyl (C=O) groups excluding carboxylic acids is 1. The summed E-state index contributed by atoms with van der Waals surface area (Å²) in [6, 6.07) is 0. The van der Waals surface area contributed by atoms with Gasteiger partial charge in [-0.1, -0.05) is 136 Å². The number of carbonyl (C=O) groups is 1. The second kappa shape index (κ2) is 19.4. The summed E-state index contributed by atoms with van der Waals surface area (Å²) in [6.45, 7) is 4.79. The molecule has 270 valence electrons. The normalized spacial score (nSPS) is 35.0. The first-order valence-electron chi connectivity index (χ1n) is 23.6. The van der Waals surface area contributed by atoms with Crippen LogP contribution in [-0.4, -0.2) is 12.1 Å². The zero-order valence-electron chi connectivity index (χ0n) is 37.3. The molecule has 2 heteroatoms. The first-order chi connectivity index (χ1) is 25.1. The molecule has 2 nitrogen and oxygen atoms in total. The van der Waals surface area contributed by atoms with E-state index in [9.17, 15) is 4.79 Å². The largest absolute Gasteiger partial charge is 0.462 e. The topological polar surface area (TPSA) is 26.3 Å². The van der Waals surface area contributed by atoms with Crippen molar-refractivity contribution in [1.82, 2.24) is 0 Å². The van der Waals surface area contributed by atoms with Gasteiger partial charge in [-0.25, -0.2) is 0 Å². The van der Waals surface area contributed by atoms with Gasteiger partial charge in [-0.3, -0.25) is 4.79 Å². The van der Waals surface area contributed by atoms with Crippen LogP contribution in [0.2, 0.25) is 0 Å². The van der Waals surface area contributed by atoms with Gasteiger partial charge < -0.3 is 4.74 Å². The van der Waals surface area contributed by atoms with E-state index in [0.29, 0.717) is 47.8 Å². The molecule has 0 radical (unpaired) electrons. The van der Waals surface area contributed by atoms with Crippen molar-refractivity contribution in [3.05, 3.63) is 23.8 Å². The van der Waals surface area contributed by atoms with Crippen LogP contribution in [0.1, 0.15) is 210 Å². The van der Waals surface area contributed by atoms with Crippen molar-refractivity contribution >= 4 is 5.97 Å². The van der Waals surface area contributed by atoms with E-state index in [0.717, 1.165) is 44.9 Å². The first kappa shape index (κ1) is 30.7. The van der Waals surface area contributed by atoms with Crippen molar-refractivity contribution in [2.24, 2.45) is 46.3 Å². The molecule has 0 aromatic carbocycles. The summed E-state index contributed by atoms with van der Waals surface area (Å²) in [5.41, 5.74) is 2.06. The van der Waals surface area contributed by atoms with Crippen LogP contribution in [0.5, 0.6) is 0 Å². The van der Waals surface area contributed by atoms with Crippen LogP contribution in [-0.2, 0) is 9.53 Å². The summed E-state index contributed by atoms with van der Waals surface area (Å²) < 4.78 is 52.8. The van der Waals surface area contributed by atoms with E-state index in [2.05, 4.69) is 45.9 Å². The molecular weight excluding hydrogens is 590 g/mol. The third-order valence-electron chi connectivity index (χ3n) is 13.9. The fourth-order valence-electron chi connectivity index (χ4n) is 11.1. The molecule has 0 spiro atoms. The Morgan fingerprint density at radius 3 is 2.30 bits per heavy atom. The first-order valence-corrected chi connectivity index (χ1v) is 20.6. The SMILES string of the molecule is [2H]C([2H])([2H])C(CCC[C@@H](C)[C@H]1CC[C@H]2[C@@H]3CC=C4C[C@@H](O[13C](=O)[13CH2][13CH2][13CH2][13CH2][13CH2][13CH2][13CH2]/[13CH]=[13CH]\[13CH2][13CH2][13CH2][13CH2][13CH2][13CH2][13CH2][13CH3])CC[C@]4(C)[C@H]3CC[C@]12C)C([2H])([2H])[2H]. The summed E-state index contributed by atoms with van der Waals surface area (Å²) in [5.74, 6) is 1.96. The Bertz CT molecular complexity index is 1160. The van der Waals surface area contributed by atoms with Crippen LogP contribution in [0.4, 0.5) is 0 Å². The Hall–Kier alpha value is -1.05. The molecule has 0 saturated heterocycles. The molecule has 4 aliphatic carbocycles. The molecule has 0 unspecified atom stereocenters. The molecule has 0 aromatic heterocycles. The lowest BCUT2D eigenvalue weighted by Crippen LogP contribution is -2.51. The minimum absolute atomic E-state index is 0.00241. The van der Waals surface area contributed by atoms with Gasteiger partial charge in [0.1, 0.15) is 6.10 Å². The highest BCUT2D eigenvalue weighted by atomic mass is 16.6. The van der Waals surface area contributed by atoms with Crippen LogP contribution in [0.25, 0.3) is 0 Å². The third-order valence-corrected chi connectivity index (χ3v) is 13.9. The molecule has 0 aliphatic heterocycles. The van der Waals surface area contributed by atoms with E-state index in [1.165, 1.54) is 96.3 Å². The smallest absolute Gasteiger partial charge is 0.306 e. The van der Waals surface area contributed by atoms with Gasteiger partial charge in [0.05, 0.1) is 0 Å². The number of hydrogen-bond acceptors (Lipinski definition) is 2. The molecule has 0 heterocycles. The maximum Gasteiger partial charge on any atom is 0.306 e. The number of rotatable bonds is 21. The van der Waals surface area contributed by atoms with Crippen molar-refractivity contribution in [2.45, 2.75) is 208 Å². The number of fused-ring (bicyclic) bond motifs is 5. The fourth-order valence-corrected chi connectivity index (χ4v) is 11.1. The van der Waals surface area contributed by atoms with E-state index in [4.69, 9.17) is 13.0 Å². The van der Waals surface area contributed by atoms with Gasteiger partial charge in [0, 0.05) is 21.1 Å². The highest BCUT2D eigenvalue weighted by Crippen LogP contribution is 2.67. The third kappa shape index (κ3) is 10.7. The molecule has 3 fully saturated rings. The quantitative estimate of drug-likeness (QED) is 0.0524. The number of ether oxygens (including phenoxy) is 1. The van der Waals surface area contributed by atoms with Gasteiger partial charge in [0.25, 0.3) is 0 Å². The highest BCUT2D eigenvalue weighted by molar-refractivity contribution is 5.69. The predicted octanol–water partition coefficient (Wildman–Crippen LogP) is 14.0. The van der Waals surface area contributed by atoms with Crippen molar-refractivity contribution in [3.63, 3.8) is 0 Å². The molecule has 0 bridgehead atoms. The van der Waals surface area contributed by atoms with Crippen LogP contribution in [0, 0.1) is 46.3 Å². The summed E-state index contributed by atoms with van der Waals surface area (Å²) in [6.07, 6.45) is 35.2. The lowest BCUT2D eigenvalue weighted by Gasteiger charge is -2.58. The van der Waals surface area contributed by atoms with Gasteiger partial charge in [0.2, 0.25) is 0 Å². The molecule has 8 atom stereocenters. The molecule has 4 aliphatic rings. The summed E-state index contributed by atoms with van der Waals surface area (Å²) in [7, 11) is 0. The van der Waals surface area contributed by atoms with E-state index in [-0.39, 0.29) is 23.9 Å². The maximum absolute atomic E-state index is 12.8. The monoisotopic (exact) mass is 675 g/mol. The molecule has 3 saturated carbocycles. The molecule has 0 amide bonds. The molecule has 47 heavy (non-hydrogen) atoms. The summed E-state index contributed by atoms with van der Waals surface area (Å²) in [5, 5.41) is 0. The molecule has 0 aromatic rings. The summed E-state index contributed by atoms with van der Waals surface area (Å²) >= 11 is 0. The van der Waals surface area contributed by atoms with Gasteiger partial charge in [-0.2, -0.15) is 0 Å². The molecule has 4 rings (SSSR count). The van der Waals surface area contributed by atoms with Gasteiger partial charge >= 0.3 is 5.97 Å². The Kier molecular flexibility index (Phi) is 12.7. The minimum Gasteiger partial charge on any atom is -0.462 e. The standard InChI is InChI=1S/C45H78O2/c1-7-8-9-10-11-12-13-14-15-16-17-18-19-20-21-25-43(46)47-38-30-32-44(5)37(34-38)26-27-39-41-29-28-40(36(4)24-22-23-35(2)3)45(41,6)33-31-42(39)44/h14-15,26,35-36,38-42H,7-13,16-25,27-34H2,1-6H3/b15-14-/t36-,38+,39+,40-,41+,42+,44+,45-/m1/s1/i1+1,2D3,3D3,7+1,8+1,9+1,10+1,11+1,12+1,13+1,14+1,15+1,16+1,17+1,18+1,19+1,20+1,21+1,25+1,43+1. The number of allylic oxidation sites excluding steroid dienone is 3. The van der Waals surface area contributed by atoms with Gasteiger partial charge in [-0.15, -0.1) is 0 Å². The van der Waals surface area contributed by atoms with E-state index < -0.39 is 19.6 Å². The zero-order chi connectivity index (χ0) is 38.7. The molecule has 0 N–H and O–H groups in total. The van der Waals surface area contributed by atoms with Crippen LogP contribution in [0.3, 0.4) is 0 Å². The highest BCUT2D eigenvalue weighted by Gasteiger charge is 2.59. The Balaban J connectivity index is 1.15. The van der Waals surface area contributed by atoms with Crippen molar-refractivity contribution in [2.75, 3.05) is 0 Å². The average Bonchev–Trinajstić information content (AvgIpc) is 3.44. The maximum atomic E-state index is 12.8. The fraction of sp³-hybridized carbons (Fsp3) is 0.889. The summed E-state index contributed by atoms with van der Waals surface area (Å²) in [4.78, 5) is 12.8. The van der Waals surface area contributed by atoms with Crippen molar-refractivity contribution in [3.8, 4) is 0 Å². The molecular formula is C45H78O2. The van der Waals surface area contributed by atoms with Gasteiger partial charge in [-0.05, 0) is 123 Å². The Morgan fingerprint density at radius 1 is 0.872 bits per heavy atom. The number of unbranched alkanes of at least 4 members (excludes halogenated alkanes) is 11. The minimum atomic E-state index is -2.44. The van der Waals surface area contributed by atoms with Crippen LogP contribution >= 0.6 is 0 Å².